The van der Waals surface area contributed by atoms with Crippen molar-refractivity contribution >= 4 is 50.3 Å². The molecule has 10 heteroatoms. The second kappa shape index (κ2) is 10.4. The summed E-state index contributed by atoms with van der Waals surface area (Å²) in [5, 5.41) is 0.439. The normalized spacial score (nSPS) is 14.0. The van der Waals surface area contributed by atoms with Crippen LogP contribution < -0.4 is 4.18 Å². The first kappa shape index (κ1) is 23.6. The summed E-state index contributed by atoms with van der Waals surface area (Å²) in [7, 11) is -3.95. The highest BCUT2D eigenvalue weighted by Gasteiger charge is 2.26. The summed E-state index contributed by atoms with van der Waals surface area (Å²) in [6.45, 7) is 6.28. The van der Waals surface area contributed by atoms with Crippen molar-refractivity contribution in [3.63, 3.8) is 0 Å². The SMILES string of the molecule is CCOP(=O)(SCC(C)C)Sc1ccc(OS(=O)(=O)c2ccc(Cl)cc2)cc1. The number of halogens is 1. The Bertz CT molecular complexity index is 915. The van der Waals surface area contributed by atoms with Gasteiger partial charge in [0.05, 0.1) is 6.61 Å². The van der Waals surface area contributed by atoms with E-state index in [4.69, 9.17) is 20.3 Å². The number of hydrogen-bond acceptors (Lipinski definition) is 7. The summed E-state index contributed by atoms with van der Waals surface area (Å²) in [6.07, 6.45) is 0. The van der Waals surface area contributed by atoms with E-state index in [9.17, 15) is 13.0 Å². The van der Waals surface area contributed by atoms with Crippen LogP contribution in [0.4, 0.5) is 0 Å². The summed E-state index contributed by atoms with van der Waals surface area (Å²) in [5.74, 6) is -1.65. The van der Waals surface area contributed by atoms with E-state index in [1.807, 2.05) is 6.92 Å². The van der Waals surface area contributed by atoms with Crippen LogP contribution in [-0.2, 0) is 19.2 Å². The predicted molar refractivity (Wildman–Crippen MR) is 118 cm³/mol. The maximum Gasteiger partial charge on any atom is 0.339 e. The molecule has 0 bridgehead atoms. The van der Waals surface area contributed by atoms with Crippen LogP contribution in [0.2, 0.25) is 5.02 Å². The first-order valence-corrected chi connectivity index (χ1v) is 14.9. The molecule has 154 valence electrons. The van der Waals surface area contributed by atoms with Crippen LogP contribution in [-0.4, -0.2) is 20.8 Å². The van der Waals surface area contributed by atoms with E-state index in [0.29, 0.717) is 22.4 Å². The van der Waals surface area contributed by atoms with E-state index in [1.54, 1.807) is 12.1 Å². The van der Waals surface area contributed by atoms with Crippen LogP contribution in [0.3, 0.4) is 0 Å². The number of hydrogen-bond donors (Lipinski definition) is 0. The third-order valence-electron chi connectivity index (χ3n) is 3.20. The van der Waals surface area contributed by atoms with E-state index in [1.165, 1.54) is 47.8 Å². The summed E-state index contributed by atoms with van der Waals surface area (Å²) in [4.78, 5) is 0.727. The van der Waals surface area contributed by atoms with E-state index >= 15 is 0 Å². The molecule has 2 aromatic carbocycles. The van der Waals surface area contributed by atoms with Gasteiger partial charge >= 0.3 is 15.9 Å². The zero-order valence-electron chi connectivity index (χ0n) is 15.7. The van der Waals surface area contributed by atoms with Crippen LogP contribution in [0.25, 0.3) is 0 Å². The largest absolute Gasteiger partial charge is 0.379 e. The average molecular weight is 481 g/mol. The predicted octanol–water partition coefficient (Wildman–Crippen LogP) is 6.73. The fourth-order valence-electron chi connectivity index (χ4n) is 1.95. The highest BCUT2D eigenvalue weighted by molar-refractivity contribution is 8.89. The van der Waals surface area contributed by atoms with Crippen molar-refractivity contribution < 1.29 is 21.7 Å². The maximum atomic E-state index is 13.0. The zero-order valence-corrected chi connectivity index (χ0v) is 19.8. The van der Waals surface area contributed by atoms with Gasteiger partial charge in [0.1, 0.15) is 10.6 Å². The Kier molecular flexibility index (Phi) is 8.80. The molecule has 0 aliphatic carbocycles. The molecule has 5 nitrogen and oxygen atoms in total. The first-order valence-electron chi connectivity index (χ1n) is 8.52. The van der Waals surface area contributed by atoms with Crippen LogP contribution in [0, 0.1) is 5.92 Å². The lowest BCUT2D eigenvalue weighted by molar-refractivity contribution is 0.357. The van der Waals surface area contributed by atoms with E-state index in [0.717, 1.165) is 17.1 Å². The molecule has 0 N–H and O–H groups in total. The molecule has 1 unspecified atom stereocenters. The molecule has 1 atom stereocenters. The number of benzene rings is 2. The zero-order chi connectivity index (χ0) is 20.8. The Hall–Kier alpha value is -0.630. The maximum absolute atomic E-state index is 13.0. The topological polar surface area (TPSA) is 69.7 Å². The van der Waals surface area contributed by atoms with Gasteiger partial charge in [-0.1, -0.05) is 36.8 Å². The summed E-state index contributed by atoms with van der Waals surface area (Å²) in [5.41, 5.74) is 0. The molecule has 2 aromatic rings. The van der Waals surface area contributed by atoms with Gasteiger partial charge in [0.2, 0.25) is 0 Å². The first-order chi connectivity index (χ1) is 13.1. The monoisotopic (exact) mass is 480 g/mol. The third kappa shape index (κ3) is 7.32. The average Bonchev–Trinajstić information content (AvgIpc) is 2.62. The summed E-state index contributed by atoms with van der Waals surface area (Å²) in [6, 6.07) is 12.1. The summed E-state index contributed by atoms with van der Waals surface area (Å²) >= 11 is 8.26. The second-order valence-electron chi connectivity index (χ2n) is 6.11. The smallest absolute Gasteiger partial charge is 0.339 e. The van der Waals surface area contributed by atoms with Gasteiger partial charge in [-0.2, -0.15) is 8.42 Å². The van der Waals surface area contributed by atoms with E-state index in [2.05, 4.69) is 13.8 Å². The second-order valence-corrected chi connectivity index (χ2v) is 15.4. The molecule has 28 heavy (non-hydrogen) atoms. The van der Waals surface area contributed by atoms with Gasteiger partial charge in [0, 0.05) is 15.7 Å². The van der Waals surface area contributed by atoms with Gasteiger partial charge in [-0.05, 0) is 72.8 Å². The molecule has 0 aliphatic heterocycles. The minimum atomic E-state index is -3.95. The van der Waals surface area contributed by atoms with Crippen molar-refractivity contribution in [3.8, 4) is 5.75 Å². The standard InChI is InChI=1S/C18H22ClO5PS3/c1-4-23-25(20,26-13-14(2)3)27-17-9-7-16(8-10-17)24-28(21,22)18-11-5-15(19)6-12-18/h5-12,14H,4,13H2,1-3H3. The van der Waals surface area contributed by atoms with Crippen LogP contribution >= 0.6 is 40.1 Å². The Morgan fingerprint density at radius 2 is 1.68 bits per heavy atom. The molecular formula is C18H22ClO5PS3. The van der Waals surface area contributed by atoms with E-state index in [-0.39, 0.29) is 10.6 Å². The molecule has 0 aromatic heterocycles. The number of rotatable bonds is 10. The third-order valence-corrected chi connectivity index (χ3v) is 12.1. The molecule has 0 amide bonds. The van der Waals surface area contributed by atoms with Crippen LogP contribution in [0.15, 0.2) is 58.3 Å². The molecule has 0 radical (unpaired) electrons. The van der Waals surface area contributed by atoms with Gasteiger partial charge in [-0.3, -0.25) is 4.57 Å². The van der Waals surface area contributed by atoms with Crippen molar-refractivity contribution in [2.45, 2.75) is 30.6 Å². The molecule has 0 saturated carbocycles. The molecule has 0 fully saturated rings. The molecule has 0 spiro atoms. The van der Waals surface area contributed by atoms with Gasteiger partial charge in [0.25, 0.3) is 0 Å². The van der Waals surface area contributed by atoms with Crippen molar-refractivity contribution in [2.75, 3.05) is 12.4 Å². The molecule has 0 aliphatic rings. The van der Waals surface area contributed by atoms with Crippen LogP contribution in [0.1, 0.15) is 20.8 Å². The van der Waals surface area contributed by atoms with Crippen molar-refractivity contribution in [2.24, 2.45) is 5.92 Å². The highest BCUT2D eigenvalue weighted by atomic mass is 35.5. The van der Waals surface area contributed by atoms with Gasteiger partial charge in [-0.15, -0.1) is 0 Å². The quantitative estimate of drug-likeness (QED) is 0.275. The minimum absolute atomic E-state index is 0.0151. The molecule has 0 heterocycles. The fourth-order valence-corrected chi connectivity index (χ4v) is 10.0. The lowest BCUT2D eigenvalue weighted by Gasteiger charge is -2.17. The van der Waals surface area contributed by atoms with Crippen molar-refractivity contribution in [1.82, 2.24) is 0 Å². The van der Waals surface area contributed by atoms with Crippen molar-refractivity contribution in [3.05, 3.63) is 53.6 Å². The molecular weight excluding hydrogens is 459 g/mol. The minimum Gasteiger partial charge on any atom is -0.379 e. The Labute approximate surface area is 179 Å². The van der Waals surface area contributed by atoms with Gasteiger partial charge in [-0.25, -0.2) is 0 Å². The van der Waals surface area contributed by atoms with Crippen LogP contribution in [0.5, 0.6) is 5.75 Å². The molecule has 0 saturated heterocycles. The Morgan fingerprint density at radius 3 is 2.21 bits per heavy atom. The van der Waals surface area contributed by atoms with Crippen molar-refractivity contribution in [1.29, 1.82) is 0 Å². The van der Waals surface area contributed by atoms with Gasteiger partial charge < -0.3 is 8.71 Å². The van der Waals surface area contributed by atoms with E-state index < -0.39 is 15.9 Å². The lowest BCUT2D eigenvalue weighted by atomic mass is 10.3. The fraction of sp³-hybridized carbons (Fsp3) is 0.333. The lowest BCUT2D eigenvalue weighted by Crippen LogP contribution is -2.09. The van der Waals surface area contributed by atoms with Gasteiger partial charge in [0.15, 0.2) is 0 Å². The highest BCUT2D eigenvalue weighted by Crippen LogP contribution is 2.72. The Morgan fingerprint density at radius 1 is 1.07 bits per heavy atom. The molecule has 2 rings (SSSR count). The summed E-state index contributed by atoms with van der Waals surface area (Å²) < 4.78 is 48.3. The Balaban J connectivity index is 2.09.